The van der Waals surface area contributed by atoms with Gasteiger partial charge in [0.05, 0.1) is 31.5 Å². The van der Waals surface area contributed by atoms with Crippen molar-refractivity contribution in [1.82, 2.24) is 0 Å². The van der Waals surface area contributed by atoms with E-state index in [-0.39, 0.29) is 41.4 Å². The summed E-state index contributed by atoms with van der Waals surface area (Å²) in [4.78, 5) is 39.0. The number of furan rings is 1. The summed E-state index contributed by atoms with van der Waals surface area (Å²) >= 11 is 0. The fourth-order valence-electron chi connectivity index (χ4n) is 6.40. The normalized spacial score (nSPS) is 42.9. The summed E-state index contributed by atoms with van der Waals surface area (Å²) in [5.74, 6) is -1.62. The molecule has 3 fully saturated rings. The Kier molecular flexibility index (Phi) is 4.43. The van der Waals surface area contributed by atoms with Gasteiger partial charge in [0, 0.05) is 17.4 Å². The van der Waals surface area contributed by atoms with Crippen LogP contribution in [0.2, 0.25) is 0 Å². The van der Waals surface area contributed by atoms with Crippen molar-refractivity contribution in [2.45, 2.75) is 52.6 Å². The maximum atomic E-state index is 13.5. The van der Waals surface area contributed by atoms with Crippen molar-refractivity contribution in [3.05, 3.63) is 24.2 Å². The number of ether oxygens (including phenoxy) is 2. The molecule has 6 heteroatoms. The molecular formula is C22H28O6. The van der Waals surface area contributed by atoms with Gasteiger partial charge in [0.2, 0.25) is 0 Å². The minimum atomic E-state index is -0.567. The summed E-state index contributed by atoms with van der Waals surface area (Å²) in [5.41, 5.74) is -0.274. The van der Waals surface area contributed by atoms with E-state index < -0.39 is 16.9 Å². The maximum absolute atomic E-state index is 13.5. The first-order valence-corrected chi connectivity index (χ1v) is 10.1. The van der Waals surface area contributed by atoms with Crippen LogP contribution >= 0.6 is 0 Å². The molecule has 28 heavy (non-hydrogen) atoms. The van der Waals surface area contributed by atoms with E-state index in [2.05, 4.69) is 0 Å². The van der Waals surface area contributed by atoms with Gasteiger partial charge in [0.25, 0.3) is 0 Å². The van der Waals surface area contributed by atoms with Crippen LogP contribution in [0, 0.1) is 34.5 Å². The number of ketones is 1. The summed E-state index contributed by atoms with van der Waals surface area (Å²) in [7, 11) is 1.40. The summed E-state index contributed by atoms with van der Waals surface area (Å²) < 4.78 is 16.0. The number of esters is 2. The van der Waals surface area contributed by atoms with Gasteiger partial charge in [-0.1, -0.05) is 20.8 Å². The summed E-state index contributed by atoms with van der Waals surface area (Å²) in [6, 6.07) is 1.80. The maximum Gasteiger partial charge on any atom is 0.310 e. The second kappa shape index (κ2) is 6.46. The van der Waals surface area contributed by atoms with E-state index in [1.807, 2.05) is 20.8 Å². The Morgan fingerprint density at radius 3 is 2.64 bits per heavy atom. The highest BCUT2D eigenvalue weighted by molar-refractivity contribution is 5.90. The van der Waals surface area contributed by atoms with Crippen LogP contribution in [-0.2, 0) is 23.9 Å². The summed E-state index contributed by atoms with van der Waals surface area (Å²) in [6.07, 6.45) is 5.04. The number of cyclic esters (lactones) is 1. The van der Waals surface area contributed by atoms with Crippen molar-refractivity contribution in [3.63, 3.8) is 0 Å². The highest BCUT2D eigenvalue weighted by Crippen LogP contribution is 2.65. The molecular weight excluding hydrogens is 360 g/mol. The van der Waals surface area contributed by atoms with Gasteiger partial charge in [-0.25, -0.2) is 0 Å². The van der Waals surface area contributed by atoms with Crippen LogP contribution in [0.3, 0.4) is 0 Å². The molecule has 0 radical (unpaired) electrons. The van der Waals surface area contributed by atoms with E-state index in [1.54, 1.807) is 18.6 Å². The van der Waals surface area contributed by atoms with Crippen molar-refractivity contribution in [2.24, 2.45) is 34.5 Å². The Morgan fingerprint density at radius 1 is 1.25 bits per heavy atom. The highest BCUT2D eigenvalue weighted by Gasteiger charge is 2.66. The molecule has 2 saturated carbocycles. The molecule has 2 heterocycles. The van der Waals surface area contributed by atoms with Gasteiger partial charge in [-0.2, -0.15) is 0 Å². The minimum absolute atomic E-state index is 0.162. The molecule has 0 aromatic carbocycles. The number of carbonyl (C=O) groups is 3. The van der Waals surface area contributed by atoms with Crippen molar-refractivity contribution >= 4 is 17.7 Å². The fraction of sp³-hybridized carbons (Fsp3) is 0.682. The second-order valence-corrected chi connectivity index (χ2v) is 9.34. The zero-order valence-electron chi connectivity index (χ0n) is 16.9. The first-order valence-electron chi connectivity index (χ1n) is 10.1. The molecule has 1 unspecified atom stereocenters. The van der Waals surface area contributed by atoms with Crippen LogP contribution in [-0.4, -0.2) is 24.8 Å². The monoisotopic (exact) mass is 388 g/mol. The molecule has 1 aliphatic heterocycles. The number of rotatable bonds is 2. The molecule has 4 rings (SSSR count). The third kappa shape index (κ3) is 2.56. The van der Waals surface area contributed by atoms with E-state index >= 15 is 0 Å². The number of hydrogen-bond acceptors (Lipinski definition) is 6. The van der Waals surface area contributed by atoms with Crippen LogP contribution in [0.1, 0.15) is 58.1 Å². The molecule has 152 valence electrons. The zero-order valence-corrected chi connectivity index (χ0v) is 16.9. The Bertz CT molecular complexity index is 798. The van der Waals surface area contributed by atoms with E-state index in [0.717, 1.165) is 5.56 Å². The Morgan fingerprint density at radius 2 is 2.00 bits per heavy atom. The summed E-state index contributed by atoms with van der Waals surface area (Å²) in [5, 5.41) is 0. The molecule has 7 atom stereocenters. The quantitative estimate of drug-likeness (QED) is 0.719. The van der Waals surface area contributed by atoms with Crippen LogP contribution in [0.4, 0.5) is 0 Å². The molecule has 6 nitrogen and oxygen atoms in total. The molecule has 1 aromatic rings. The molecule has 3 aliphatic rings. The number of carbonyl (C=O) groups excluding carboxylic acids is 3. The van der Waals surface area contributed by atoms with Gasteiger partial charge in [0.1, 0.15) is 11.9 Å². The predicted molar refractivity (Wildman–Crippen MR) is 98.9 cm³/mol. The zero-order chi connectivity index (χ0) is 20.3. The van der Waals surface area contributed by atoms with Crippen LogP contribution in [0.15, 0.2) is 23.0 Å². The lowest BCUT2D eigenvalue weighted by molar-refractivity contribution is -0.204. The lowest BCUT2D eigenvalue weighted by atomic mass is 9.42. The van der Waals surface area contributed by atoms with E-state index in [0.29, 0.717) is 25.7 Å². The van der Waals surface area contributed by atoms with Crippen LogP contribution in [0.5, 0.6) is 0 Å². The van der Waals surface area contributed by atoms with Gasteiger partial charge in [-0.05, 0) is 42.6 Å². The lowest BCUT2D eigenvalue weighted by Crippen LogP contribution is -2.63. The third-order valence-electron chi connectivity index (χ3n) is 7.81. The number of fused-ring (bicyclic) bond motifs is 3. The Hall–Kier alpha value is -2.11. The average molecular weight is 388 g/mol. The molecule has 1 saturated heterocycles. The van der Waals surface area contributed by atoms with Crippen molar-refractivity contribution in [2.75, 3.05) is 7.11 Å². The third-order valence-corrected chi connectivity index (χ3v) is 7.81. The average Bonchev–Trinajstić information content (AvgIpc) is 3.18. The molecule has 0 bridgehead atoms. The molecule has 0 spiro atoms. The number of Topliss-reactive ketones (excluding diaryl/α,β-unsaturated/α-hetero) is 1. The van der Waals surface area contributed by atoms with Gasteiger partial charge in [-0.15, -0.1) is 0 Å². The van der Waals surface area contributed by atoms with Crippen molar-refractivity contribution < 1.29 is 28.3 Å². The van der Waals surface area contributed by atoms with Gasteiger partial charge >= 0.3 is 11.9 Å². The fourth-order valence-corrected chi connectivity index (χ4v) is 6.40. The smallest absolute Gasteiger partial charge is 0.310 e. The molecule has 1 aromatic heterocycles. The topological polar surface area (TPSA) is 82.8 Å². The lowest BCUT2D eigenvalue weighted by Gasteiger charge is -2.61. The molecule has 0 amide bonds. The van der Waals surface area contributed by atoms with Crippen LogP contribution in [0.25, 0.3) is 0 Å². The van der Waals surface area contributed by atoms with E-state index in [4.69, 9.17) is 13.9 Å². The predicted octanol–water partition coefficient (Wildman–Crippen LogP) is 3.70. The Labute approximate surface area is 164 Å². The van der Waals surface area contributed by atoms with Gasteiger partial charge < -0.3 is 13.9 Å². The minimum Gasteiger partial charge on any atom is -0.472 e. The van der Waals surface area contributed by atoms with E-state index in [9.17, 15) is 14.4 Å². The van der Waals surface area contributed by atoms with Crippen molar-refractivity contribution in [3.8, 4) is 0 Å². The number of methoxy groups -OCH3 is 1. The second-order valence-electron chi connectivity index (χ2n) is 9.34. The largest absolute Gasteiger partial charge is 0.472 e. The van der Waals surface area contributed by atoms with Gasteiger partial charge in [-0.3, -0.25) is 14.4 Å². The van der Waals surface area contributed by atoms with E-state index in [1.165, 1.54) is 7.11 Å². The molecule has 2 aliphatic carbocycles. The highest BCUT2D eigenvalue weighted by atomic mass is 16.5. The van der Waals surface area contributed by atoms with Crippen molar-refractivity contribution in [1.29, 1.82) is 0 Å². The first-order chi connectivity index (χ1) is 13.2. The first kappa shape index (κ1) is 19.2. The summed E-state index contributed by atoms with van der Waals surface area (Å²) in [6.45, 7) is 5.97. The van der Waals surface area contributed by atoms with Crippen LogP contribution < -0.4 is 0 Å². The molecule has 0 N–H and O–H groups in total. The number of hydrogen-bond donors (Lipinski definition) is 0. The SMILES string of the molecule is COC(=O)[C@@H]1C[C@H](C)C(=O)C2[C@@]1(C)CC[C@H]1C(=O)O[C@H](c3ccoc3)C[C@]21C. The van der Waals surface area contributed by atoms with Gasteiger partial charge in [0.15, 0.2) is 0 Å². The standard InChI is InChI=1S/C22H28O6/c1-12-9-15(19(24)26-4)21(2)7-5-14-20(25)28-16(13-6-8-27-11-13)10-22(14,3)18(21)17(12)23/h6,8,11-12,14-16,18H,5,7,9-10H2,1-4H3/t12-,14-,15-,16-,18?,21-,22-/m0/s1. The Balaban J connectivity index is 1.79.